The molecule has 0 bridgehead atoms. The van der Waals surface area contributed by atoms with Crippen LogP contribution in [0.1, 0.15) is 26.6 Å². The maximum atomic E-state index is 10.8. The Morgan fingerprint density at radius 3 is 2.50 bits per heavy atom. The van der Waals surface area contributed by atoms with Gasteiger partial charge in [-0.15, -0.1) is 10.2 Å². The van der Waals surface area contributed by atoms with Crippen molar-refractivity contribution < 1.29 is 4.92 Å². The van der Waals surface area contributed by atoms with Gasteiger partial charge in [0.1, 0.15) is 12.0 Å². The third-order valence-electron chi connectivity index (χ3n) is 3.15. The van der Waals surface area contributed by atoms with E-state index in [-0.39, 0.29) is 10.4 Å². The molecule has 124 valence electrons. The number of aromatic nitrogens is 4. The van der Waals surface area contributed by atoms with Crippen LogP contribution in [-0.4, -0.2) is 24.7 Å². The molecule has 2 aromatic heterocycles. The van der Waals surface area contributed by atoms with Crippen molar-refractivity contribution in [1.82, 2.24) is 19.7 Å². The molecule has 0 saturated heterocycles. The van der Waals surface area contributed by atoms with Crippen LogP contribution in [0.3, 0.4) is 0 Å². The molecule has 0 aliphatic carbocycles. The molecule has 1 aromatic carbocycles. The number of hydrogen-bond acceptors (Lipinski definition) is 7. The highest BCUT2D eigenvalue weighted by Gasteiger charge is 2.26. The first kappa shape index (κ1) is 16.6. The van der Waals surface area contributed by atoms with Crippen molar-refractivity contribution in [2.75, 3.05) is 0 Å². The van der Waals surface area contributed by atoms with Gasteiger partial charge < -0.3 is 0 Å². The minimum absolute atomic E-state index is 0.0133. The normalized spacial score (nSPS) is 11.6. The zero-order valence-corrected chi connectivity index (χ0v) is 15.0. The molecule has 24 heavy (non-hydrogen) atoms. The summed E-state index contributed by atoms with van der Waals surface area (Å²) in [5.41, 5.74) is 0.747. The van der Waals surface area contributed by atoms with Crippen molar-refractivity contribution in [3.63, 3.8) is 0 Å². The molecule has 0 fully saturated rings. The van der Waals surface area contributed by atoms with Crippen LogP contribution in [-0.2, 0) is 5.41 Å². The van der Waals surface area contributed by atoms with Crippen molar-refractivity contribution in [2.45, 2.75) is 35.7 Å². The zero-order chi connectivity index (χ0) is 17.3. The maximum absolute atomic E-state index is 10.8. The lowest BCUT2D eigenvalue weighted by atomic mass is 9.95. The van der Waals surface area contributed by atoms with Crippen molar-refractivity contribution in [2.24, 2.45) is 0 Å². The van der Waals surface area contributed by atoms with E-state index in [0.717, 1.165) is 22.8 Å². The molecular weight excluding hydrogens is 346 g/mol. The van der Waals surface area contributed by atoms with Gasteiger partial charge in [0.2, 0.25) is 5.16 Å². The maximum Gasteiger partial charge on any atom is 0.344 e. The van der Waals surface area contributed by atoms with Crippen LogP contribution in [0, 0.1) is 10.1 Å². The Bertz CT molecular complexity index is 868. The van der Waals surface area contributed by atoms with E-state index in [4.69, 9.17) is 0 Å². The minimum atomic E-state index is -0.440. The number of nitro groups is 1. The van der Waals surface area contributed by atoms with Gasteiger partial charge in [-0.3, -0.25) is 14.7 Å². The summed E-state index contributed by atoms with van der Waals surface area (Å²) in [6, 6.07) is 9.80. The summed E-state index contributed by atoms with van der Waals surface area (Å²) < 4.78 is 2.53. The summed E-state index contributed by atoms with van der Waals surface area (Å²) in [6.45, 7) is 6.21. The highest BCUT2D eigenvalue weighted by molar-refractivity contribution is 8.00. The molecule has 0 saturated carbocycles. The van der Waals surface area contributed by atoms with Gasteiger partial charge >= 0.3 is 5.00 Å². The van der Waals surface area contributed by atoms with Crippen molar-refractivity contribution >= 4 is 28.1 Å². The smallest absolute Gasteiger partial charge is 0.273 e. The second-order valence-electron chi connectivity index (χ2n) is 6.05. The number of rotatable bonds is 4. The first-order valence-corrected chi connectivity index (χ1v) is 8.79. The van der Waals surface area contributed by atoms with E-state index in [1.807, 2.05) is 34.9 Å². The SMILES string of the molecule is CC(C)(C)c1nnc(Sc2ncc([N+](=O)[O-])s2)n1-c1ccccc1. The number of nitrogens with zero attached hydrogens (tertiary/aromatic N) is 5. The van der Waals surface area contributed by atoms with E-state index >= 15 is 0 Å². The largest absolute Gasteiger partial charge is 0.344 e. The molecule has 0 amide bonds. The van der Waals surface area contributed by atoms with Crippen molar-refractivity contribution in [3.05, 3.63) is 52.5 Å². The Labute approximate surface area is 146 Å². The van der Waals surface area contributed by atoms with Gasteiger partial charge in [0.25, 0.3) is 0 Å². The van der Waals surface area contributed by atoms with Crippen LogP contribution in [0.2, 0.25) is 0 Å². The van der Waals surface area contributed by atoms with Crippen LogP contribution in [0.5, 0.6) is 0 Å². The Hall–Kier alpha value is -2.26. The Balaban J connectivity index is 2.04. The van der Waals surface area contributed by atoms with Crippen LogP contribution in [0.4, 0.5) is 5.00 Å². The number of benzene rings is 1. The lowest BCUT2D eigenvalue weighted by molar-refractivity contribution is -0.380. The summed E-state index contributed by atoms with van der Waals surface area (Å²) in [4.78, 5) is 14.5. The van der Waals surface area contributed by atoms with Gasteiger partial charge in [-0.1, -0.05) is 39.0 Å². The zero-order valence-electron chi connectivity index (χ0n) is 13.3. The summed E-state index contributed by atoms with van der Waals surface area (Å²) in [5.74, 6) is 0.822. The number of thiazole rings is 1. The van der Waals surface area contributed by atoms with Crippen LogP contribution in [0.15, 0.2) is 46.0 Å². The Morgan fingerprint density at radius 1 is 1.21 bits per heavy atom. The molecule has 3 rings (SSSR count). The number of para-hydroxylation sites is 1. The van der Waals surface area contributed by atoms with Gasteiger partial charge in [-0.2, -0.15) is 0 Å². The first-order valence-electron chi connectivity index (χ1n) is 7.15. The van der Waals surface area contributed by atoms with Crippen LogP contribution >= 0.6 is 23.1 Å². The molecule has 0 atom stereocenters. The standard InChI is InChI=1S/C15H15N5O2S2/c1-15(2,3)12-17-18-13(19(12)10-7-5-4-6-8-10)24-14-16-9-11(23-14)20(21)22/h4-9H,1-3H3. The highest BCUT2D eigenvalue weighted by Crippen LogP contribution is 2.36. The van der Waals surface area contributed by atoms with Gasteiger partial charge in [-0.25, -0.2) is 4.98 Å². The van der Waals surface area contributed by atoms with Gasteiger partial charge in [0.05, 0.1) is 4.92 Å². The Kier molecular flexibility index (Phi) is 4.37. The quantitative estimate of drug-likeness (QED) is 0.514. The molecule has 0 N–H and O–H groups in total. The fourth-order valence-electron chi connectivity index (χ4n) is 2.09. The van der Waals surface area contributed by atoms with E-state index < -0.39 is 4.92 Å². The van der Waals surface area contributed by atoms with E-state index in [2.05, 4.69) is 36.0 Å². The van der Waals surface area contributed by atoms with Crippen LogP contribution < -0.4 is 0 Å². The van der Waals surface area contributed by atoms with Crippen molar-refractivity contribution in [3.8, 4) is 5.69 Å². The second kappa shape index (κ2) is 6.33. The number of hydrogen-bond donors (Lipinski definition) is 0. The minimum Gasteiger partial charge on any atom is -0.273 e. The van der Waals surface area contributed by atoms with E-state index in [0.29, 0.717) is 9.50 Å². The molecule has 0 spiro atoms. The fourth-order valence-corrected chi connectivity index (χ4v) is 3.83. The molecule has 0 aliphatic heterocycles. The van der Waals surface area contributed by atoms with Gasteiger partial charge in [0.15, 0.2) is 4.34 Å². The van der Waals surface area contributed by atoms with Gasteiger partial charge in [-0.05, 0) is 35.2 Å². The average molecular weight is 361 g/mol. The monoisotopic (exact) mass is 361 g/mol. The summed E-state index contributed by atoms with van der Waals surface area (Å²) in [7, 11) is 0. The molecule has 0 aliphatic rings. The predicted octanol–water partition coefficient (Wildman–Crippen LogP) is 4.08. The van der Waals surface area contributed by atoms with E-state index in [1.165, 1.54) is 18.0 Å². The lowest BCUT2D eigenvalue weighted by Crippen LogP contribution is -2.18. The van der Waals surface area contributed by atoms with E-state index in [1.54, 1.807) is 0 Å². The average Bonchev–Trinajstić information content (AvgIpc) is 3.15. The van der Waals surface area contributed by atoms with Gasteiger partial charge in [0, 0.05) is 11.1 Å². The van der Waals surface area contributed by atoms with Crippen LogP contribution in [0.25, 0.3) is 5.69 Å². The third kappa shape index (κ3) is 3.31. The second-order valence-corrected chi connectivity index (χ2v) is 8.27. The summed E-state index contributed by atoms with van der Waals surface area (Å²) in [6.07, 6.45) is 1.26. The topological polar surface area (TPSA) is 86.7 Å². The molecule has 0 radical (unpaired) electrons. The lowest BCUT2D eigenvalue weighted by Gasteiger charge is -2.19. The molecule has 7 nitrogen and oxygen atoms in total. The fraction of sp³-hybridized carbons (Fsp3) is 0.267. The molecule has 0 unspecified atom stereocenters. The third-order valence-corrected chi connectivity index (χ3v) is 5.12. The molecule has 3 aromatic rings. The Morgan fingerprint density at radius 2 is 1.92 bits per heavy atom. The summed E-state index contributed by atoms with van der Waals surface area (Å²) >= 11 is 2.30. The molecular formula is C15H15N5O2S2. The molecule has 2 heterocycles. The summed E-state index contributed by atoms with van der Waals surface area (Å²) in [5, 5.41) is 20.1. The van der Waals surface area contributed by atoms with E-state index in [9.17, 15) is 10.1 Å². The predicted molar refractivity (Wildman–Crippen MR) is 93.0 cm³/mol. The highest BCUT2D eigenvalue weighted by atomic mass is 32.2. The van der Waals surface area contributed by atoms with Crippen molar-refractivity contribution in [1.29, 1.82) is 0 Å². The molecule has 9 heteroatoms. The first-order chi connectivity index (χ1) is 11.4.